The van der Waals surface area contributed by atoms with Crippen molar-refractivity contribution in [2.24, 2.45) is 0 Å². The van der Waals surface area contributed by atoms with Crippen LogP contribution in [0.25, 0.3) is 0 Å². The standard InChI is InChI=1S/C7H16O4/c1-2-6(10)7(11,5-9)3-4-8/h6,8-11H,2-5H2,1H3. The molecular formula is C7H16O4. The summed E-state index contributed by atoms with van der Waals surface area (Å²) in [6.07, 6.45) is -0.616. The molecule has 2 unspecified atom stereocenters. The first kappa shape index (κ1) is 10.8. The van der Waals surface area contributed by atoms with Gasteiger partial charge in [-0.05, 0) is 6.42 Å². The Balaban J connectivity index is 4.07. The number of aliphatic hydroxyl groups is 4. The fourth-order valence-corrected chi connectivity index (χ4v) is 0.925. The van der Waals surface area contributed by atoms with Crippen molar-refractivity contribution in [2.45, 2.75) is 31.5 Å². The van der Waals surface area contributed by atoms with E-state index in [4.69, 9.17) is 10.2 Å². The van der Waals surface area contributed by atoms with Crippen molar-refractivity contribution in [3.8, 4) is 0 Å². The Morgan fingerprint density at radius 3 is 2.18 bits per heavy atom. The third-order valence-electron chi connectivity index (χ3n) is 1.83. The van der Waals surface area contributed by atoms with Crippen LogP contribution in [0.4, 0.5) is 0 Å². The van der Waals surface area contributed by atoms with Crippen LogP contribution in [-0.4, -0.2) is 45.3 Å². The second-order valence-electron chi connectivity index (χ2n) is 2.66. The topological polar surface area (TPSA) is 80.9 Å². The Labute approximate surface area is 66.1 Å². The first-order valence-electron chi connectivity index (χ1n) is 3.73. The average Bonchev–Trinajstić information content (AvgIpc) is 2.03. The van der Waals surface area contributed by atoms with Gasteiger partial charge in [-0.2, -0.15) is 0 Å². The Morgan fingerprint density at radius 2 is 1.91 bits per heavy atom. The van der Waals surface area contributed by atoms with Crippen LogP contribution in [0.5, 0.6) is 0 Å². The molecule has 4 N–H and O–H groups in total. The lowest BCUT2D eigenvalue weighted by Gasteiger charge is -2.29. The minimum Gasteiger partial charge on any atom is -0.396 e. The lowest BCUT2D eigenvalue weighted by molar-refractivity contribution is -0.116. The van der Waals surface area contributed by atoms with Crippen LogP contribution < -0.4 is 0 Å². The molecule has 68 valence electrons. The molecule has 0 aromatic carbocycles. The summed E-state index contributed by atoms with van der Waals surface area (Å²) in [5.41, 5.74) is -1.54. The van der Waals surface area contributed by atoms with Crippen LogP contribution in [0.3, 0.4) is 0 Å². The molecule has 2 atom stereocenters. The van der Waals surface area contributed by atoms with Gasteiger partial charge < -0.3 is 20.4 Å². The van der Waals surface area contributed by atoms with Crippen molar-refractivity contribution in [3.63, 3.8) is 0 Å². The molecule has 0 heterocycles. The average molecular weight is 164 g/mol. The zero-order valence-electron chi connectivity index (χ0n) is 6.69. The van der Waals surface area contributed by atoms with Crippen molar-refractivity contribution in [1.82, 2.24) is 0 Å². The van der Waals surface area contributed by atoms with Crippen LogP contribution in [-0.2, 0) is 0 Å². The Morgan fingerprint density at radius 1 is 1.36 bits per heavy atom. The van der Waals surface area contributed by atoms with E-state index < -0.39 is 18.3 Å². The lowest BCUT2D eigenvalue weighted by Crippen LogP contribution is -2.46. The molecule has 0 bridgehead atoms. The zero-order chi connectivity index (χ0) is 8.91. The number of aliphatic hydroxyl groups excluding tert-OH is 3. The largest absolute Gasteiger partial charge is 0.396 e. The van der Waals surface area contributed by atoms with Gasteiger partial charge in [-0.3, -0.25) is 0 Å². The number of rotatable bonds is 5. The SMILES string of the molecule is CCC(O)C(O)(CO)CCO. The van der Waals surface area contributed by atoms with Crippen molar-refractivity contribution < 1.29 is 20.4 Å². The maximum Gasteiger partial charge on any atom is 0.116 e. The minimum atomic E-state index is -1.54. The molecule has 11 heavy (non-hydrogen) atoms. The number of hydrogen-bond donors (Lipinski definition) is 4. The smallest absolute Gasteiger partial charge is 0.116 e. The molecule has 0 rings (SSSR count). The zero-order valence-corrected chi connectivity index (χ0v) is 6.69. The highest BCUT2D eigenvalue weighted by Gasteiger charge is 2.32. The van der Waals surface area contributed by atoms with Gasteiger partial charge in [0.15, 0.2) is 0 Å². The lowest BCUT2D eigenvalue weighted by atomic mass is 9.92. The summed E-state index contributed by atoms with van der Waals surface area (Å²) in [6.45, 7) is 0.930. The monoisotopic (exact) mass is 164 g/mol. The summed E-state index contributed by atoms with van der Waals surface area (Å²) in [5.74, 6) is 0. The highest BCUT2D eigenvalue weighted by Crippen LogP contribution is 2.16. The van der Waals surface area contributed by atoms with Crippen LogP contribution in [0.1, 0.15) is 19.8 Å². The van der Waals surface area contributed by atoms with Crippen molar-refractivity contribution in [2.75, 3.05) is 13.2 Å². The van der Waals surface area contributed by atoms with Gasteiger partial charge in [0.1, 0.15) is 5.60 Å². The van der Waals surface area contributed by atoms with Crippen molar-refractivity contribution in [3.05, 3.63) is 0 Å². The van der Waals surface area contributed by atoms with E-state index in [1.807, 2.05) is 0 Å². The van der Waals surface area contributed by atoms with Gasteiger partial charge in [0.2, 0.25) is 0 Å². The van der Waals surface area contributed by atoms with E-state index in [0.717, 1.165) is 0 Å². The van der Waals surface area contributed by atoms with Crippen LogP contribution in [0.15, 0.2) is 0 Å². The predicted octanol–water partition coefficient (Wildman–Crippen LogP) is -1.14. The second-order valence-corrected chi connectivity index (χ2v) is 2.66. The van der Waals surface area contributed by atoms with Gasteiger partial charge in [0.05, 0.1) is 12.7 Å². The van der Waals surface area contributed by atoms with Crippen LogP contribution in [0.2, 0.25) is 0 Å². The molecule has 0 aromatic rings. The molecule has 0 spiro atoms. The van der Waals surface area contributed by atoms with E-state index in [2.05, 4.69) is 0 Å². The highest BCUT2D eigenvalue weighted by molar-refractivity contribution is 4.84. The molecule has 0 aliphatic carbocycles. The van der Waals surface area contributed by atoms with Gasteiger partial charge in [0.25, 0.3) is 0 Å². The van der Waals surface area contributed by atoms with Gasteiger partial charge >= 0.3 is 0 Å². The predicted molar refractivity (Wildman–Crippen MR) is 40.0 cm³/mol. The molecule has 0 aromatic heterocycles. The molecule has 0 fully saturated rings. The van der Waals surface area contributed by atoms with Gasteiger partial charge in [-0.15, -0.1) is 0 Å². The molecule has 0 saturated carbocycles. The molecule has 0 amide bonds. The van der Waals surface area contributed by atoms with E-state index in [1.54, 1.807) is 6.92 Å². The first-order chi connectivity index (χ1) is 5.10. The molecule has 4 heteroatoms. The third kappa shape index (κ3) is 2.75. The van der Waals surface area contributed by atoms with E-state index in [-0.39, 0.29) is 13.0 Å². The van der Waals surface area contributed by atoms with Crippen molar-refractivity contribution in [1.29, 1.82) is 0 Å². The van der Waals surface area contributed by atoms with Gasteiger partial charge in [-0.25, -0.2) is 0 Å². The second kappa shape index (κ2) is 4.66. The molecule has 4 nitrogen and oxygen atoms in total. The van der Waals surface area contributed by atoms with Gasteiger partial charge in [0, 0.05) is 13.0 Å². The summed E-state index contributed by atoms with van der Waals surface area (Å²) >= 11 is 0. The quantitative estimate of drug-likeness (QED) is 0.414. The van der Waals surface area contributed by atoms with Crippen LogP contribution >= 0.6 is 0 Å². The maximum atomic E-state index is 9.43. The summed E-state index contributed by atoms with van der Waals surface area (Å²) in [4.78, 5) is 0. The van der Waals surface area contributed by atoms with E-state index in [1.165, 1.54) is 0 Å². The summed E-state index contributed by atoms with van der Waals surface area (Å²) < 4.78 is 0. The highest BCUT2D eigenvalue weighted by atomic mass is 16.4. The van der Waals surface area contributed by atoms with Crippen molar-refractivity contribution >= 4 is 0 Å². The molecule has 0 radical (unpaired) electrons. The van der Waals surface area contributed by atoms with Crippen LogP contribution in [0, 0.1) is 0 Å². The summed E-state index contributed by atoms with van der Waals surface area (Å²) in [5, 5.41) is 35.8. The Bertz CT molecular complexity index is 107. The third-order valence-corrected chi connectivity index (χ3v) is 1.83. The maximum absolute atomic E-state index is 9.43. The fourth-order valence-electron chi connectivity index (χ4n) is 0.925. The molecule has 0 saturated heterocycles. The summed E-state index contributed by atoms with van der Waals surface area (Å²) in [7, 11) is 0. The molecule has 0 aliphatic rings. The van der Waals surface area contributed by atoms with E-state index in [0.29, 0.717) is 6.42 Å². The van der Waals surface area contributed by atoms with E-state index >= 15 is 0 Å². The number of hydrogen-bond acceptors (Lipinski definition) is 4. The molecule has 0 aliphatic heterocycles. The normalized spacial score (nSPS) is 19.4. The minimum absolute atomic E-state index is 0.00148. The molecular weight excluding hydrogens is 148 g/mol. The fraction of sp³-hybridized carbons (Fsp3) is 1.00. The van der Waals surface area contributed by atoms with Gasteiger partial charge in [-0.1, -0.05) is 6.92 Å². The first-order valence-corrected chi connectivity index (χ1v) is 3.73. The summed E-state index contributed by atoms with van der Waals surface area (Å²) in [6, 6.07) is 0. The Hall–Kier alpha value is -0.160. The van der Waals surface area contributed by atoms with E-state index in [9.17, 15) is 10.2 Å². The Kier molecular flexibility index (Phi) is 4.60.